The Labute approximate surface area is 181 Å². The van der Waals surface area contributed by atoms with Gasteiger partial charge < -0.3 is 5.11 Å². The summed E-state index contributed by atoms with van der Waals surface area (Å²) in [5.41, 5.74) is 4.87. The molecule has 29 heavy (non-hydrogen) atoms. The highest BCUT2D eigenvalue weighted by Crippen LogP contribution is 2.21. The summed E-state index contributed by atoms with van der Waals surface area (Å²) in [6.07, 6.45) is 5.35. The van der Waals surface area contributed by atoms with Gasteiger partial charge in [0.15, 0.2) is 5.69 Å². The minimum atomic E-state index is -0.468. The van der Waals surface area contributed by atoms with E-state index in [9.17, 15) is 9.90 Å². The third-order valence-corrected chi connectivity index (χ3v) is 4.91. The van der Waals surface area contributed by atoms with Crippen LogP contribution in [0.15, 0.2) is 70.9 Å². The highest BCUT2D eigenvalue weighted by molar-refractivity contribution is 9.10. The first-order chi connectivity index (χ1) is 14.0. The molecule has 0 saturated heterocycles. The highest BCUT2D eigenvalue weighted by Gasteiger charge is 2.15. The van der Waals surface area contributed by atoms with Gasteiger partial charge in [-0.3, -0.25) is 9.48 Å². The van der Waals surface area contributed by atoms with Crippen molar-refractivity contribution in [3.8, 4) is 5.75 Å². The van der Waals surface area contributed by atoms with Crippen LogP contribution in [0.25, 0.3) is 0 Å². The zero-order valence-corrected chi connectivity index (χ0v) is 17.7. The smallest absolute Gasteiger partial charge is 0.293 e. The van der Waals surface area contributed by atoms with Gasteiger partial charge in [0.1, 0.15) is 5.75 Å². The van der Waals surface area contributed by atoms with Crippen molar-refractivity contribution in [3.05, 3.63) is 93.2 Å². The van der Waals surface area contributed by atoms with Gasteiger partial charge in [0.25, 0.3) is 5.91 Å². The van der Waals surface area contributed by atoms with Gasteiger partial charge in [0.05, 0.1) is 17.2 Å². The van der Waals surface area contributed by atoms with Crippen molar-refractivity contribution in [1.29, 1.82) is 0 Å². The lowest BCUT2D eigenvalue weighted by atomic mass is 10.1. The van der Waals surface area contributed by atoms with Crippen molar-refractivity contribution < 1.29 is 9.90 Å². The lowest BCUT2D eigenvalue weighted by molar-refractivity contribution is 0.0948. The second-order valence-electron chi connectivity index (χ2n) is 6.20. The molecule has 0 bridgehead atoms. The number of hydrogen-bond acceptors (Lipinski definition) is 4. The molecule has 6 nitrogen and oxygen atoms in total. The van der Waals surface area contributed by atoms with E-state index in [1.165, 1.54) is 6.21 Å². The molecule has 2 N–H and O–H groups in total. The molecule has 0 aliphatic rings. The van der Waals surface area contributed by atoms with E-state index in [4.69, 9.17) is 11.6 Å². The second kappa shape index (κ2) is 9.54. The summed E-state index contributed by atoms with van der Waals surface area (Å²) in [5, 5.41) is 19.1. The van der Waals surface area contributed by atoms with Gasteiger partial charge in [0, 0.05) is 16.8 Å². The normalized spacial score (nSPS) is 11.0. The van der Waals surface area contributed by atoms with Crippen molar-refractivity contribution in [2.75, 3.05) is 0 Å². The first-order valence-corrected chi connectivity index (χ1v) is 9.87. The lowest BCUT2D eigenvalue weighted by Gasteiger charge is -2.04. The number of phenols is 1. The molecular formula is C21H18BrClN4O2. The SMILES string of the molecule is C=CCc1cccc(/C=N/NC(=O)c2nn(Cc3ccc(Cl)cc3)cc2Br)c1O. The quantitative estimate of drug-likeness (QED) is 0.300. The molecule has 0 atom stereocenters. The number of aromatic hydroxyl groups is 1. The molecule has 0 aliphatic heterocycles. The number of hydrazone groups is 1. The molecule has 3 rings (SSSR count). The van der Waals surface area contributed by atoms with Crippen LogP contribution >= 0.6 is 27.5 Å². The average molecular weight is 474 g/mol. The Morgan fingerprint density at radius 3 is 2.79 bits per heavy atom. The Bertz CT molecular complexity index is 1060. The van der Waals surface area contributed by atoms with Gasteiger partial charge in [-0.15, -0.1) is 6.58 Å². The molecule has 1 aromatic heterocycles. The highest BCUT2D eigenvalue weighted by atomic mass is 79.9. The molecule has 0 fully saturated rings. The number of para-hydroxylation sites is 1. The fourth-order valence-electron chi connectivity index (χ4n) is 2.66. The number of phenolic OH excluding ortho intramolecular Hbond substituents is 1. The standard InChI is InChI=1S/C21H18BrClN4O2/c1-2-4-15-5-3-6-16(20(15)28)11-24-25-21(29)19-18(22)13-27(26-19)12-14-7-9-17(23)10-8-14/h2-3,5-11,13,28H,1,4,12H2,(H,25,29)/b24-11+. The van der Waals surface area contributed by atoms with Crippen molar-refractivity contribution >= 4 is 39.7 Å². The van der Waals surface area contributed by atoms with Crippen LogP contribution in [-0.2, 0) is 13.0 Å². The summed E-state index contributed by atoms with van der Waals surface area (Å²) in [5.74, 6) is -0.358. The van der Waals surface area contributed by atoms with Crippen LogP contribution < -0.4 is 5.43 Å². The van der Waals surface area contributed by atoms with E-state index >= 15 is 0 Å². The number of hydrogen-bond donors (Lipinski definition) is 2. The maximum atomic E-state index is 12.4. The minimum Gasteiger partial charge on any atom is -0.507 e. The van der Waals surface area contributed by atoms with E-state index in [2.05, 4.69) is 38.1 Å². The maximum Gasteiger partial charge on any atom is 0.293 e. The molecule has 1 amide bonds. The Morgan fingerprint density at radius 1 is 1.31 bits per heavy atom. The second-order valence-corrected chi connectivity index (χ2v) is 7.49. The first-order valence-electron chi connectivity index (χ1n) is 8.70. The summed E-state index contributed by atoms with van der Waals surface area (Å²) >= 11 is 9.25. The summed E-state index contributed by atoms with van der Waals surface area (Å²) in [6.45, 7) is 4.16. The third kappa shape index (κ3) is 5.34. The van der Waals surface area contributed by atoms with E-state index < -0.39 is 5.91 Å². The fraction of sp³-hybridized carbons (Fsp3) is 0.0952. The molecule has 0 saturated carbocycles. The van der Waals surface area contributed by atoms with E-state index in [1.54, 1.807) is 47.3 Å². The van der Waals surface area contributed by atoms with Gasteiger partial charge in [-0.25, -0.2) is 5.43 Å². The average Bonchev–Trinajstić information content (AvgIpc) is 3.07. The topological polar surface area (TPSA) is 79.5 Å². The number of allylic oxidation sites excluding steroid dienone is 1. The molecule has 8 heteroatoms. The monoisotopic (exact) mass is 472 g/mol. The Hall–Kier alpha value is -2.90. The zero-order chi connectivity index (χ0) is 20.8. The lowest BCUT2D eigenvalue weighted by Crippen LogP contribution is -2.19. The Morgan fingerprint density at radius 2 is 2.07 bits per heavy atom. The predicted molar refractivity (Wildman–Crippen MR) is 118 cm³/mol. The number of nitrogens with one attached hydrogen (secondary N) is 1. The summed E-state index contributed by atoms with van der Waals surface area (Å²) in [6, 6.07) is 12.7. The number of benzene rings is 2. The van der Waals surface area contributed by atoms with Crippen LogP contribution in [0.4, 0.5) is 0 Å². The largest absolute Gasteiger partial charge is 0.507 e. The van der Waals surface area contributed by atoms with Crippen LogP contribution in [0.1, 0.15) is 27.2 Å². The van der Waals surface area contributed by atoms with Crippen LogP contribution in [0.2, 0.25) is 5.02 Å². The number of halogens is 2. The molecular weight excluding hydrogens is 456 g/mol. The number of nitrogens with zero attached hydrogens (tertiary/aromatic N) is 3. The zero-order valence-electron chi connectivity index (χ0n) is 15.3. The van der Waals surface area contributed by atoms with Gasteiger partial charge in [0.2, 0.25) is 0 Å². The maximum absolute atomic E-state index is 12.4. The third-order valence-electron chi connectivity index (χ3n) is 4.07. The van der Waals surface area contributed by atoms with Gasteiger partial charge in [-0.2, -0.15) is 10.2 Å². The number of rotatable bonds is 7. The van der Waals surface area contributed by atoms with E-state index in [0.717, 1.165) is 11.1 Å². The molecule has 2 aromatic carbocycles. The Balaban J connectivity index is 1.67. The summed E-state index contributed by atoms with van der Waals surface area (Å²) < 4.78 is 2.20. The molecule has 3 aromatic rings. The van der Waals surface area contributed by atoms with Crippen LogP contribution in [0.3, 0.4) is 0 Å². The van der Waals surface area contributed by atoms with Gasteiger partial charge >= 0.3 is 0 Å². The molecule has 0 aliphatic carbocycles. The summed E-state index contributed by atoms with van der Waals surface area (Å²) in [7, 11) is 0. The van der Waals surface area contributed by atoms with E-state index in [-0.39, 0.29) is 11.4 Å². The molecule has 0 unspecified atom stereocenters. The van der Waals surface area contributed by atoms with Crippen molar-refractivity contribution in [3.63, 3.8) is 0 Å². The molecule has 1 heterocycles. The van der Waals surface area contributed by atoms with Crippen molar-refractivity contribution in [2.45, 2.75) is 13.0 Å². The van der Waals surface area contributed by atoms with Crippen LogP contribution in [0.5, 0.6) is 5.75 Å². The Kier molecular flexibility index (Phi) is 6.85. The number of carbonyl (C=O) groups excluding carboxylic acids is 1. The van der Waals surface area contributed by atoms with Crippen molar-refractivity contribution in [1.82, 2.24) is 15.2 Å². The van der Waals surface area contributed by atoms with Crippen molar-refractivity contribution in [2.24, 2.45) is 5.10 Å². The first kappa shape index (κ1) is 20.8. The predicted octanol–water partition coefficient (Wildman–Crippen LogP) is 4.55. The molecule has 0 radical (unpaired) electrons. The van der Waals surface area contributed by atoms with E-state index in [1.807, 2.05) is 12.1 Å². The fourth-order valence-corrected chi connectivity index (χ4v) is 3.28. The number of amides is 1. The minimum absolute atomic E-state index is 0.110. The molecule has 148 valence electrons. The van der Waals surface area contributed by atoms with Crippen LogP contribution in [-0.4, -0.2) is 27.0 Å². The van der Waals surface area contributed by atoms with Crippen LogP contribution in [0, 0.1) is 0 Å². The molecule has 0 spiro atoms. The number of aromatic nitrogens is 2. The number of carbonyl (C=O) groups is 1. The summed E-state index contributed by atoms with van der Waals surface area (Å²) in [4.78, 5) is 12.4. The van der Waals surface area contributed by atoms with E-state index in [0.29, 0.717) is 28.0 Å². The van der Waals surface area contributed by atoms with Gasteiger partial charge in [-0.1, -0.05) is 41.9 Å². The van der Waals surface area contributed by atoms with Gasteiger partial charge in [-0.05, 0) is 51.7 Å².